The fourth-order valence-electron chi connectivity index (χ4n) is 2.28. The molecule has 1 fully saturated rings. The van der Waals surface area contributed by atoms with Gasteiger partial charge in [-0.2, -0.15) is 0 Å². The lowest BCUT2D eigenvalue weighted by molar-refractivity contribution is -0.117. The fraction of sp³-hybridized carbons (Fsp3) is 0.500. The number of nitrogens with one attached hydrogen (secondary N) is 1. The number of benzene rings is 1. The Morgan fingerprint density at radius 2 is 2.39 bits per heavy atom. The minimum Gasteiger partial charge on any atom is -0.326 e. The first-order valence-electron chi connectivity index (χ1n) is 6.54. The second-order valence-electron chi connectivity index (χ2n) is 4.89. The molecule has 1 heterocycles. The second kappa shape index (κ2) is 5.98. The molecule has 0 aliphatic carbocycles. The molecule has 0 unspecified atom stereocenters. The average molecular weight is 247 g/mol. The smallest absolute Gasteiger partial charge is 0.238 e. The van der Waals surface area contributed by atoms with E-state index >= 15 is 0 Å². The Balaban J connectivity index is 1.86. The predicted molar refractivity (Wildman–Crippen MR) is 73.5 cm³/mol. The van der Waals surface area contributed by atoms with Crippen molar-refractivity contribution < 1.29 is 4.79 Å². The molecule has 98 valence electrons. The Kier molecular flexibility index (Phi) is 4.33. The van der Waals surface area contributed by atoms with Crippen LogP contribution in [0.25, 0.3) is 0 Å². The van der Waals surface area contributed by atoms with Crippen molar-refractivity contribution in [3.05, 3.63) is 29.8 Å². The Bertz CT molecular complexity index is 419. The van der Waals surface area contributed by atoms with Gasteiger partial charge in [-0.1, -0.05) is 19.1 Å². The fourth-order valence-corrected chi connectivity index (χ4v) is 2.28. The van der Waals surface area contributed by atoms with Gasteiger partial charge < -0.3 is 11.1 Å². The van der Waals surface area contributed by atoms with Gasteiger partial charge in [0.05, 0.1) is 6.54 Å². The maximum atomic E-state index is 11.9. The molecule has 1 atom stereocenters. The van der Waals surface area contributed by atoms with Crippen LogP contribution in [0.3, 0.4) is 0 Å². The molecule has 1 aromatic rings. The van der Waals surface area contributed by atoms with Crippen molar-refractivity contribution in [2.75, 3.05) is 25.0 Å². The van der Waals surface area contributed by atoms with Crippen LogP contribution >= 0.6 is 0 Å². The molecule has 1 saturated heterocycles. The number of nitrogens with two attached hydrogens (primary N) is 1. The SMILES string of the molecule is CCc1cccc(NC(=O)CN2CC[C@H](N)C2)c1. The van der Waals surface area contributed by atoms with Gasteiger partial charge in [-0.25, -0.2) is 0 Å². The van der Waals surface area contributed by atoms with Crippen molar-refractivity contribution in [2.24, 2.45) is 5.73 Å². The van der Waals surface area contributed by atoms with Gasteiger partial charge in [0.15, 0.2) is 0 Å². The lowest BCUT2D eigenvalue weighted by Gasteiger charge is -2.14. The zero-order valence-electron chi connectivity index (χ0n) is 10.9. The van der Waals surface area contributed by atoms with Gasteiger partial charge in [0.25, 0.3) is 0 Å². The summed E-state index contributed by atoms with van der Waals surface area (Å²) in [5.41, 5.74) is 7.93. The summed E-state index contributed by atoms with van der Waals surface area (Å²) in [5.74, 6) is 0.0392. The highest BCUT2D eigenvalue weighted by atomic mass is 16.2. The van der Waals surface area contributed by atoms with Gasteiger partial charge in [-0.3, -0.25) is 9.69 Å². The van der Waals surface area contributed by atoms with E-state index in [2.05, 4.69) is 23.2 Å². The number of anilines is 1. The molecule has 1 aliphatic rings. The van der Waals surface area contributed by atoms with Gasteiger partial charge in [-0.15, -0.1) is 0 Å². The molecule has 0 radical (unpaired) electrons. The largest absolute Gasteiger partial charge is 0.326 e. The minimum atomic E-state index is 0.0392. The molecule has 2 rings (SSSR count). The van der Waals surface area contributed by atoms with Crippen molar-refractivity contribution in [3.63, 3.8) is 0 Å². The van der Waals surface area contributed by atoms with Crippen molar-refractivity contribution in [3.8, 4) is 0 Å². The summed E-state index contributed by atoms with van der Waals surface area (Å²) < 4.78 is 0. The van der Waals surface area contributed by atoms with E-state index in [1.54, 1.807) is 0 Å². The quantitative estimate of drug-likeness (QED) is 0.841. The molecule has 18 heavy (non-hydrogen) atoms. The molecule has 4 heteroatoms. The third-order valence-electron chi connectivity index (χ3n) is 3.30. The van der Waals surface area contributed by atoms with E-state index in [1.165, 1.54) is 5.56 Å². The van der Waals surface area contributed by atoms with Crippen LogP contribution in [-0.2, 0) is 11.2 Å². The molecule has 1 amide bonds. The minimum absolute atomic E-state index is 0.0392. The molecule has 1 aliphatic heterocycles. The number of nitrogens with zero attached hydrogens (tertiary/aromatic N) is 1. The number of carbonyl (C=O) groups excluding carboxylic acids is 1. The lowest BCUT2D eigenvalue weighted by atomic mass is 10.1. The van der Waals surface area contributed by atoms with E-state index in [0.29, 0.717) is 6.54 Å². The number of amides is 1. The van der Waals surface area contributed by atoms with E-state index in [4.69, 9.17) is 5.73 Å². The Morgan fingerprint density at radius 1 is 1.56 bits per heavy atom. The second-order valence-corrected chi connectivity index (χ2v) is 4.89. The summed E-state index contributed by atoms with van der Waals surface area (Å²) in [4.78, 5) is 14.0. The summed E-state index contributed by atoms with van der Waals surface area (Å²) >= 11 is 0. The van der Waals surface area contributed by atoms with Crippen LogP contribution in [0.2, 0.25) is 0 Å². The summed E-state index contributed by atoms with van der Waals surface area (Å²) in [6.07, 6.45) is 1.96. The van der Waals surface area contributed by atoms with Crippen molar-refractivity contribution in [1.29, 1.82) is 0 Å². The molecule has 0 spiro atoms. The monoisotopic (exact) mass is 247 g/mol. The number of aryl methyl sites for hydroxylation is 1. The van der Waals surface area contributed by atoms with E-state index in [-0.39, 0.29) is 11.9 Å². The van der Waals surface area contributed by atoms with Crippen LogP contribution in [0.5, 0.6) is 0 Å². The summed E-state index contributed by atoms with van der Waals surface area (Å²) in [6, 6.07) is 8.21. The highest BCUT2D eigenvalue weighted by molar-refractivity contribution is 5.92. The third kappa shape index (κ3) is 3.55. The van der Waals surface area contributed by atoms with Crippen molar-refractivity contribution in [1.82, 2.24) is 4.90 Å². The number of carbonyl (C=O) groups is 1. The molecule has 0 aromatic heterocycles. The predicted octanol–water partition coefficient (Wildman–Crippen LogP) is 1.22. The first-order valence-corrected chi connectivity index (χ1v) is 6.54. The number of hydrogen-bond donors (Lipinski definition) is 2. The highest BCUT2D eigenvalue weighted by Crippen LogP contribution is 2.12. The van der Waals surface area contributed by atoms with Gasteiger partial charge in [0, 0.05) is 24.8 Å². The van der Waals surface area contributed by atoms with Gasteiger partial charge in [0.2, 0.25) is 5.91 Å². The Labute approximate surface area is 108 Å². The maximum absolute atomic E-state index is 11.9. The maximum Gasteiger partial charge on any atom is 0.238 e. The van der Waals surface area contributed by atoms with Gasteiger partial charge >= 0.3 is 0 Å². The Morgan fingerprint density at radius 3 is 3.06 bits per heavy atom. The summed E-state index contributed by atoms with van der Waals surface area (Å²) in [5, 5.41) is 2.94. The lowest BCUT2D eigenvalue weighted by Crippen LogP contribution is -2.33. The molecule has 3 N–H and O–H groups in total. The van der Waals surface area contributed by atoms with Crippen LogP contribution < -0.4 is 11.1 Å². The molecular formula is C14H21N3O. The number of likely N-dealkylation sites (tertiary alicyclic amines) is 1. The van der Waals surface area contributed by atoms with E-state index in [0.717, 1.165) is 31.6 Å². The summed E-state index contributed by atoms with van der Waals surface area (Å²) in [6.45, 7) is 4.28. The molecular weight excluding hydrogens is 226 g/mol. The van der Waals surface area contributed by atoms with Gasteiger partial charge in [-0.05, 0) is 30.5 Å². The highest BCUT2D eigenvalue weighted by Gasteiger charge is 2.20. The molecule has 1 aromatic carbocycles. The van der Waals surface area contributed by atoms with Crippen molar-refractivity contribution >= 4 is 11.6 Å². The first kappa shape index (κ1) is 13.1. The standard InChI is InChI=1S/C14H21N3O/c1-2-11-4-3-5-13(8-11)16-14(18)10-17-7-6-12(15)9-17/h3-5,8,12H,2,6-7,9-10,15H2,1H3,(H,16,18)/t12-/m0/s1. The van der Waals surface area contributed by atoms with Crippen LogP contribution in [0.15, 0.2) is 24.3 Å². The van der Waals surface area contributed by atoms with E-state index < -0.39 is 0 Å². The topological polar surface area (TPSA) is 58.4 Å². The molecule has 0 bridgehead atoms. The zero-order valence-corrected chi connectivity index (χ0v) is 10.9. The van der Waals surface area contributed by atoms with Crippen LogP contribution in [0.1, 0.15) is 18.9 Å². The summed E-state index contributed by atoms with van der Waals surface area (Å²) in [7, 11) is 0. The van der Waals surface area contributed by atoms with Crippen molar-refractivity contribution in [2.45, 2.75) is 25.8 Å². The van der Waals surface area contributed by atoms with Crippen LogP contribution in [-0.4, -0.2) is 36.5 Å². The normalized spacial score (nSPS) is 20.0. The third-order valence-corrected chi connectivity index (χ3v) is 3.30. The average Bonchev–Trinajstić information content (AvgIpc) is 2.74. The van der Waals surface area contributed by atoms with E-state index in [9.17, 15) is 4.79 Å². The Hall–Kier alpha value is -1.39. The van der Waals surface area contributed by atoms with Crippen LogP contribution in [0.4, 0.5) is 5.69 Å². The molecule has 0 saturated carbocycles. The number of rotatable bonds is 4. The zero-order chi connectivity index (χ0) is 13.0. The first-order chi connectivity index (χ1) is 8.67. The molecule has 4 nitrogen and oxygen atoms in total. The van der Waals surface area contributed by atoms with Gasteiger partial charge in [0.1, 0.15) is 0 Å². The van der Waals surface area contributed by atoms with E-state index in [1.807, 2.05) is 18.2 Å². The van der Waals surface area contributed by atoms with Crippen LogP contribution in [0, 0.1) is 0 Å². The number of hydrogen-bond acceptors (Lipinski definition) is 3.